The average molecular weight is 380 g/mol. The van der Waals surface area contributed by atoms with Crippen LogP contribution in [0.15, 0.2) is 42.7 Å². The van der Waals surface area contributed by atoms with Crippen LogP contribution in [0.1, 0.15) is 42.2 Å². The molecule has 1 N–H and O–H groups in total. The lowest BCUT2D eigenvalue weighted by atomic mass is 9.95. The zero-order chi connectivity index (χ0) is 19.8. The quantitative estimate of drug-likeness (QED) is 0.518. The first-order valence-electron chi connectivity index (χ1n) is 9.16. The maximum Gasteiger partial charge on any atom is 0.337 e. The third-order valence-electron chi connectivity index (χ3n) is 4.91. The van der Waals surface area contributed by atoms with Crippen molar-refractivity contribution in [3.63, 3.8) is 0 Å². The predicted molar refractivity (Wildman–Crippen MR) is 105 cm³/mol. The molecule has 2 aromatic carbocycles. The number of halogens is 1. The van der Waals surface area contributed by atoms with Gasteiger partial charge in [-0.2, -0.15) is 10.2 Å². The topological polar surface area (TPSA) is 72.8 Å². The first kappa shape index (κ1) is 18.2. The molecule has 0 aliphatic carbocycles. The third-order valence-corrected chi connectivity index (χ3v) is 4.91. The minimum Gasteiger partial charge on any atom is -0.465 e. The summed E-state index contributed by atoms with van der Waals surface area (Å²) in [4.78, 5) is 11.8. The van der Waals surface area contributed by atoms with Crippen LogP contribution < -0.4 is 0 Å². The number of benzene rings is 2. The summed E-state index contributed by atoms with van der Waals surface area (Å²) < 4.78 is 21.0. The van der Waals surface area contributed by atoms with Crippen LogP contribution in [0.5, 0.6) is 0 Å². The molecule has 2 aromatic heterocycles. The molecule has 0 radical (unpaired) electrons. The molecule has 1 unspecified atom stereocenters. The standard InChI is InChI=1S/C21H21FN4O2/c1-12(2)6-19(17-9-16(22)8-15-10-23-25-20(15)17)26-18-5-4-13(21(27)28-3)7-14(18)11-24-26/h4-5,7-12,19H,6H2,1-3H3,(H,23,25). The van der Waals surface area contributed by atoms with E-state index in [0.29, 0.717) is 11.5 Å². The van der Waals surface area contributed by atoms with E-state index >= 15 is 0 Å². The van der Waals surface area contributed by atoms with Crippen LogP contribution in [0.25, 0.3) is 21.8 Å². The maximum absolute atomic E-state index is 14.3. The fourth-order valence-electron chi connectivity index (χ4n) is 3.66. The van der Waals surface area contributed by atoms with Crippen molar-refractivity contribution in [2.24, 2.45) is 5.92 Å². The van der Waals surface area contributed by atoms with E-state index in [1.165, 1.54) is 13.2 Å². The monoisotopic (exact) mass is 380 g/mol. The van der Waals surface area contributed by atoms with E-state index in [1.807, 2.05) is 10.7 Å². The molecule has 2 heterocycles. The molecule has 4 aromatic rings. The van der Waals surface area contributed by atoms with Crippen LogP contribution in [0, 0.1) is 11.7 Å². The molecule has 28 heavy (non-hydrogen) atoms. The van der Waals surface area contributed by atoms with E-state index in [0.717, 1.165) is 33.8 Å². The highest BCUT2D eigenvalue weighted by Crippen LogP contribution is 2.33. The lowest BCUT2D eigenvalue weighted by Gasteiger charge is -2.22. The molecule has 0 aliphatic rings. The molecular weight excluding hydrogens is 359 g/mol. The van der Waals surface area contributed by atoms with Gasteiger partial charge in [0.05, 0.1) is 42.1 Å². The number of hydrogen-bond donors (Lipinski definition) is 1. The fourth-order valence-corrected chi connectivity index (χ4v) is 3.66. The van der Waals surface area contributed by atoms with Gasteiger partial charge in [0.1, 0.15) is 5.82 Å². The van der Waals surface area contributed by atoms with Gasteiger partial charge in [-0.1, -0.05) is 13.8 Å². The van der Waals surface area contributed by atoms with Crippen molar-refractivity contribution in [1.82, 2.24) is 20.0 Å². The van der Waals surface area contributed by atoms with Gasteiger partial charge in [-0.05, 0) is 42.7 Å². The number of methoxy groups -OCH3 is 1. The van der Waals surface area contributed by atoms with Gasteiger partial charge < -0.3 is 4.74 Å². The Morgan fingerprint density at radius 2 is 2.04 bits per heavy atom. The van der Waals surface area contributed by atoms with E-state index in [4.69, 9.17) is 4.74 Å². The van der Waals surface area contributed by atoms with Crippen LogP contribution in [-0.4, -0.2) is 33.1 Å². The van der Waals surface area contributed by atoms with E-state index in [-0.39, 0.29) is 11.9 Å². The average Bonchev–Trinajstić information content (AvgIpc) is 3.30. The minimum atomic E-state index is -0.391. The highest BCUT2D eigenvalue weighted by Gasteiger charge is 2.23. The number of carbonyl (C=O) groups excluding carboxylic acids is 1. The SMILES string of the molecule is COC(=O)c1ccc2c(cnn2C(CC(C)C)c2cc(F)cc3cn[nH]c23)c1. The number of carbonyl (C=O) groups is 1. The first-order valence-corrected chi connectivity index (χ1v) is 9.16. The molecule has 0 saturated heterocycles. The number of aromatic nitrogens is 4. The van der Waals surface area contributed by atoms with Crippen molar-refractivity contribution in [1.29, 1.82) is 0 Å². The summed E-state index contributed by atoms with van der Waals surface area (Å²) in [5.41, 5.74) is 2.96. The van der Waals surface area contributed by atoms with Gasteiger partial charge >= 0.3 is 5.97 Å². The number of rotatable bonds is 5. The maximum atomic E-state index is 14.3. The van der Waals surface area contributed by atoms with E-state index in [1.54, 1.807) is 30.6 Å². The zero-order valence-corrected chi connectivity index (χ0v) is 15.9. The molecule has 0 aliphatic heterocycles. The first-order chi connectivity index (χ1) is 13.5. The van der Waals surface area contributed by atoms with Gasteiger partial charge in [0.15, 0.2) is 0 Å². The van der Waals surface area contributed by atoms with Crippen LogP contribution in [0.3, 0.4) is 0 Å². The summed E-state index contributed by atoms with van der Waals surface area (Å²) in [5, 5.41) is 13.2. The van der Waals surface area contributed by atoms with Gasteiger partial charge in [0, 0.05) is 16.3 Å². The van der Waals surface area contributed by atoms with E-state index in [9.17, 15) is 9.18 Å². The second kappa shape index (κ2) is 7.07. The van der Waals surface area contributed by atoms with E-state index in [2.05, 4.69) is 29.1 Å². The van der Waals surface area contributed by atoms with Crippen LogP contribution >= 0.6 is 0 Å². The van der Waals surface area contributed by atoms with Crippen molar-refractivity contribution < 1.29 is 13.9 Å². The molecule has 6 nitrogen and oxygen atoms in total. The Labute approximate surface area is 161 Å². The Hall–Kier alpha value is -3.22. The Kier molecular flexibility index (Phi) is 4.58. The molecule has 144 valence electrons. The highest BCUT2D eigenvalue weighted by molar-refractivity contribution is 5.94. The molecule has 0 fully saturated rings. The van der Waals surface area contributed by atoms with Crippen molar-refractivity contribution in [2.45, 2.75) is 26.3 Å². The molecule has 7 heteroatoms. The van der Waals surface area contributed by atoms with Gasteiger partial charge in [0.2, 0.25) is 0 Å². The van der Waals surface area contributed by atoms with Crippen LogP contribution in [0.4, 0.5) is 4.39 Å². The Bertz CT molecular complexity index is 1160. The molecule has 0 saturated carbocycles. The Morgan fingerprint density at radius 3 is 2.79 bits per heavy atom. The lowest BCUT2D eigenvalue weighted by Crippen LogP contribution is -2.15. The fraction of sp³-hybridized carbons (Fsp3) is 0.286. The highest BCUT2D eigenvalue weighted by atomic mass is 19.1. The predicted octanol–water partition coefficient (Wildman–Crippen LogP) is 4.47. The molecule has 0 bridgehead atoms. The van der Waals surface area contributed by atoms with Gasteiger partial charge in [-0.15, -0.1) is 0 Å². The number of esters is 1. The molecular formula is C21H21FN4O2. The van der Waals surface area contributed by atoms with Crippen LogP contribution in [-0.2, 0) is 4.74 Å². The van der Waals surface area contributed by atoms with Crippen LogP contribution in [0.2, 0.25) is 0 Å². The molecule has 0 amide bonds. The third kappa shape index (κ3) is 3.13. The Balaban J connectivity index is 1.88. The van der Waals surface area contributed by atoms with Crippen molar-refractivity contribution in [2.75, 3.05) is 7.11 Å². The smallest absolute Gasteiger partial charge is 0.337 e. The number of ether oxygens (including phenoxy) is 1. The molecule has 0 spiro atoms. The second-order valence-electron chi connectivity index (χ2n) is 7.33. The van der Waals surface area contributed by atoms with Gasteiger partial charge in [-0.25, -0.2) is 9.18 Å². The number of aromatic amines is 1. The summed E-state index contributed by atoms with van der Waals surface area (Å²) in [6.07, 6.45) is 4.11. The number of nitrogens with zero attached hydrogens (tertiary/aromatic N) is 3. The largest absolute Gasteiger partial charge is 0.465 e. The number of fused-ring (bicyclic) bond motifs is 2. The zero-order valence-electron chi connectivity index (χ0n) is 15.9. The number of nitrogens with one attached hydrogen (secondary N) is 1. The molecule has 4 rings (SSSR count). The Morgan fingerprint density at radius 1 is 1.21 bits per heavy atom. The summed E-state index contributed by atoms with van der Waals surface area (Å²) in [6, 6.07) is 8.17. The summed E-state index contributed by atoms with van der Waals surface area (Å²) in [5.74, 6) is -0.334. The second-order valence-corrected chi connectivity index (χ2v) is 7.33. The summed E-state index contributed by atoms with van der Waals surface area (Å²) in [7, 11) is 1.36. The minimum absolute atomic E-state index is 0.180. The number of hydrogen-bond acceptors (Lipinski definition) is 4. The van der Waals surface area contributed by atoms with E-state index < -0.39 is 5.97 Å². The molecule has 1 atom stereocenters. The lowest BCUT2D eigenvalue weighted by molar-refractivity contribution is 0.0601. The van der Waals surface area contributed by atoms with Gasteiger partial charge in [-0.3, -0.25) is 9.78 Å². The summed E-state index contributed by atoms with van der Waals surface area (Å²) in [6.45, 7) is 4.25. The van der Waals surface area contributed by atoms with Crippen molar-refractivity contribution in [3.8, 4) is 0 Å². The van der Waals surface area contributed by atoms with Crippen molar-refractivity contribution in [3.05, 3.63) is 59.7 Å². The number of H-pyrrole nitrogens is 1. The van der Waals surface area contributed by atoms with Gasteiger partial charge in [0.25, 0.3) is 0 Å². The van der Waals surface area contributed by atoms with Crippen molar-refractivity contribution >= 4 is 27.8 Å². The summed E-state index contributed by atoms with van der Waals surface area (Å²) >= 11 is 0. The normalized spacial score (nSPS) is 12.8.